The van der Waals surface area contributed by atoms with Gasteiger partial charge in [0.2, 0.25) is 0 Å². The van der Waals surface area contributed by atoms with Gasteiger partial charge in [0.1, 0.15) is 18.2 Å². The zero-order valence-corrected chi connectivity index (χ0v) is 19.7. The van der Waals surface area contributed by atoms with E-state index in [9.17, 15) is 10.1 Å². The largest absolute Gasteiger partial charge is 0.493 e. The Labute approximate surface area is 196 Å². The fourth-order valence-electron chi connectivity index (χ4n) is 2.97. The van der Waals surface area contributed by atoms with E-state index in [4.69, 9.17) is 9.47 Å². The number of hydrogen-bond donors (Lipinski definition) is 1. The van der Waals surface area contributed by atoms with Crippen LogP contribution in [-0.4, -0.2) is 13.0 Å². The molecule has 0 bridgehead atoms. The highest BCUT2D eigenvalue weighted by Gasteiger charge is 2.12. The third kappa shape index (κ3) is 5.99. The zero-order valence-electron chi connectivity index (χ0n) is 18.1. The number of nitriles is 1. The maximum atomic E-state index is 12.6. The highest BCUT2D eigenvalue weighted by molar-refractivity contribution is 9.10. The van der Waals surface area contributed by atoms with Crippen molar-refractivity contribution in [3.05, 3.63) is 93.0 Å². The zero-order chi connectivity index (χ0) is 23.1. The number of hydrogen-bond acceptors (Lipinski definition) is 4. The van der Waals surface area contributed by atoms with Crippen LogP contribution in [0.3, 0.4) is 0 Å². The standard InChI is InChI=1S/C26H23BrN2O3/c1-17-4-10-23(12-18(17)2)29-26(30)21(15-28)13-20-7-11-24(25(14-20)31-3)32-16-19-5-8-22(27)9-6-19/h4-14H,16H2,1-3H3,(H,29,30)/b21-13+. The van der Waals surface area contributed by atoms with Crippen LogP contribution < -0.4 is 14.8 Å². The highest BCUT2D eigenvalue weighted by Crippen LogP contribution is 2.30. The van der Waals surface area contributed by atoms with E-state index < -0.39 is 5.91 Å². The Balaban J connectivity index is 1.75. The molecule has 0 spiro atoms. The molecule has 0 heterocycles. The Hall–Kier alpha value is -3.56. The van der Waals surface area contributed by atoms with Gasteiger partial charge in [-0.15, -0.1) is 0 Å². The first-order valence-electron chi connectivity index (χ1n) is 9.95. The maximum Gasteiger partial charge on any atom is 0.266 e. The number of nitrogens with one attached hydrogen (secondary N) is 1. The molecule has 5 nitrogen and oxygen atoms in total. The molecule has 0 aliphatic rings. The van der Waals surface area contributed by atoms with Crippen molar-refractivity contribution in [2.45, 2.75) is 20.5 Å². The van der Waals surface area contributed by atoms with Gasteiger partial charge in [-0.25, -0.2) is 0 Å². The lowest BCUT2D eigenvalue weighted by Crippen LogP contribution is -2.13. The molecule has 0 saturated carbocycles. The minimum Gasteiger partial charge on any atom is -0.493 e. The molecule has 0 atom stereocenters. The molecule has 162 valence electrons. The van der Waals surface area contributed by atoms with E-state index in [1.165, 1.54) is 6.08 Å². The van der Waals surface area contributed by atoms with Crippen LogP contribution in [0.25, 0.3) is 6.08 Å². The minimum atomic E-state index is -0.467. The van der Waals surface area contributed by atoms with Crippen LogP contribution in [-0.2, 0) is 11.4 Å². The van der Waals surface area contributed by atoms with Gasteiger partial charge in [0.15, 0.2) is 11.5 Å². The summed E-state index contributed by atoms with van der Waals surface area (Å²) in [6, 6.07) is 20.7. The summed E-state index contributed by atoms with van der Waals surface area (Å²) in [4.78, 5) is 12.6. The number of halogens is 1. The van der Waals surface area contributed by atoms with Crippen LogP contribution in [0, 0.1) is 25.2 Å². The number of carbonyl (C=O) groups excluding carboxylic acids is 1. The summed E-state index contributed by atoms with van der Waals surface area (Å²) in [7, 11) is 1.55. The molecular formula is C26H23BrN2O3. The highest BCUT2D eigenvalue weighted by atomic mass is 79.9. The van der Waals surface area contributed by atoms with Gasteiger partial charge in [0.05, 0.1) is 7.11 Å². The van der Waals surface area contributed by atoms with E-state index in [0.717, 1.165) is 21.2 Å². The Morgan fingerprint density at radius 2 is 1.78 bits per heavy atom. The Morgan fingerprint density at radius 1 is 1.03 bits per heavy atom. The average Bonchev–Trinajstić information content (AvgIpc) is 2.79. The molecule has 0 aromatic heterocycles. The van der Waals surface area contributed by atoms with E-state index in [-0.39, 0.29) is 5.57 Å². The van der Waals surface area contributed by atoms with E-state index >= 15 is 0 Å². The third-order valence-electron chi connectivity index (χ3n) is 4.94. The van der Waals surface area contributed by atoms with Crippen molar-refractivity contribution in [1.29, 1.82) is 5.26 Å². The van der Waals surface area contributed by atoms with E-state index in [1.807, 2.05) is 62.4 Å². The van der Waals surface area contributed by atoms with Gasteiger partial charge >= 0.3 is 0 Å². The number of amides is 1. The number of rotatable bonds is 7. The molecule has 3 rings (SSSR count). The van der Waals surface area contributed by atoms with Gasteiger partial charge in [-0.3, -0.25) is 4.79 Å². The van der Waals surface area contributed by atoms with Crippen molar-refractivity contribution < 1.29 is 14.3 Å². The first-order chi connectivity index (χ1) is 15.4. The minimum absolute atomic E-state index is 0.00573. The third-order valence-corrected chi connectivity index (χ3v) is 5.46. The molecule has 0 saturated heterocycles. The molecule has 1 amide bonds. The topological polar surface area (TPSA) is 71.3 Å². The van der Waals surface area contributed by atoms with Gasteiger partial charge in [-0.1, -0.05) is 40.2 Å². The van der Waals surface area contributed by atoms with Crippen molar-refractivity contribution in [2.75, 3.05) is 12.4 Å². The van der Waals surface area contributed by atoms with Crippen LogP contribution in [0.2, 0.25) is 0 Å². The van der Waals surface area contributed by atoms with Gasteiger partial charge in [0.25, 0.3) is 5.91 Å². The molecule has 3 aromatic carbocycles. The second-order valence-corrected chi connectivity index (χ2v) is 8.16. The van der Waals surface area contributed by atoms with Crippen LogP contribution >= 0.6 is 15.9 Å². The van der Waals surface area contributed by atoms with Gasteiger partial charge < -0.3 is 14.8 Å². The van der Waals surface area contributed by atoms with Crippen LogP contribution in [0.5, 0.6) is 11.5 Å². The second kappa shape index (κ2) is 10.7. The molecule has 0 unspecified atom stereocenters. The second-order valence-electron chi connectivity index (χ2n) is 7.25. The predicted octanol–water partition coefficient (Wildman–Crippen LogP) is 6.20. The van der Waals surface area contributed by atoms with E-state index in [2.05, 4.69) is 21.2 Å². The number of aryl methyl sites for hydroxylation is 2. The monoisotopic (exact) mass is 490 g/mol. The predicted molar refractivity (Wildman–Crippen MR) is 130 cm³/mol. The number of benzene rings is 3. The summed E-state index contributed by atoms with van der Waals surface area (Å²) in [5, 5.41) is 12.3. The first kappa shape index (κ1) is 23.1. The fourth-order valence-corrected chi connectivity index (χ4v) is 3.23. The average molecular weight is 491 g/mol. The molecule has 0 fully saturated rings. The SMILES string of the molecule is COc1cc(/C=C(\C#N)C(=O)Nc2ccc(C)c(C)c2)ccc1OCc1ccc(Br)cc1. The Bertz CT molecular complexity index is 1190. The number of ether oxygens (including phenoxy) is 2. The number of nitrogens with zero attached hydrogens (tertiary/aromatic N) is 1. The van der Waals surface area contributed by atoms with Crippen LogP contribution in [0.15, 0.2) is 70.7 Å². The molecule has 32 heavy (non-hydrogen) atoms. The smallest absolute Gasteiger partial charge is 0.266 e. The lowest BCUT2D eigenvalue weighted by Gasteiger charge is -2.12. The van der Waals surface area contributed by atoms with Gasteiger partial charge in [-0.2, -0.15) is 5.26 Å². The quantitative estimate of drug-likeness (QED) is 0.316. The molecule has 3 aromatic rings. The summed E-state index contributed by atoms with van der Waals surface area (Å²) < 4.78 is 12.3. The van der Waals surface area contributed by atoms with Crippen molar-refractivity contribution in [2.24, 2.45) is 0 Å². The fraction of sp³-hybridized carbons (Fsp3) is 0.154. The number of carbonyl (C=O) groups is 1. The van der Waals surface area contributed by atoms with Gasteiger partial charge in [-0.05, 0) is 78.6 Å². The molecule has 0 aliphatic heterocycles. The van der Waals surface area contributed by atoms with Crippen molar-refractivity contribution >= 4 is 33.6 Å². The van der Waals surface area contributed by atoms with Crippen LogP contribution in [0.1, 0.15) is 22.3 Å². The normalized spacial score (nSPS) is 10.9. The molecule has 6 heteroatoms. The molecular weight excluding hydrogens is 468 g/mol. The summed E-state index contributed by atoms with van der Waals surface area (Å²) in [5.74, 6) is 0.624. The molecule has 0 aliphatic carbocycles. The summed E-state index contributed by atoms with van der Waals surface area (Å²) in [6.07, 6.45) is 1.53. The van der Waals surface area contributed by atoms with E-state index in [0.29, 0.717) is 29.4 Å². The summed E-state index contributed by atoms with van der Waals surface area (Å²) in [6.45, 7) is 4.36. The Morgan fingerprint density at radius 3 is 2.44 bits per heavy atom. The van der Waals surface area contributed by atoms with Crippen LogP contribution in [0.4, 0.5) is 5.69 Å². The lowest BCUT2D eigenvalue weighted by atomic mass is 10.1. The summed E-state index contributed by atoms with van der Waals surface area (Å²) in [5.41, 5.74) is 4.52. The van der Waals surface area contributed by atoms with Crippen molar-refractivity contribution in [3.8, 4) is 17.6 Å². The van der Waals surface area contributed by atoms with E-state index in [1.54, 1.807) is 25.3 Å². The molecule has 1 N–H and O–H groups in total. The Kier molecular flexibility index (Phi) is 7.69. The van der Waals surface area contributed by atoms with Crippen molar-refractivity contribution in [1.82, 2.24) is 0 Å². The van der Waals surface area contributed by atoms with Crippen molar-refractivity contribution in [3.63, 3.8) is 0 Å². The number of anilines is 1. The summed E-state index contributed by atoms with van der Waals surface area (Å²) >= 11 is 3.41. The lowest BCUT2D eigenvalue weighted by molar-refractivity contribution is -0.112. The molecule has 0 radical (unpaired) electrons. The number of methoxy groups -OCH3 is 1. The van der Waals surface area contributed by atoms with Gasteiger partial charge in [0, 0.05) is 10.2 Å². The first-order valence-corrected chi connectivity index (χ1v) is 10.7. The maximum absolute atomic E-state index is 12.6.